The first-order chi connectivity index (χ1) is 10.9. The normalized spacial score (nSPS) is 22.7. The molecule has 0 aromatic rings. The number of rotatable bonds is 4. The van der Waals surface area contributed by atoms with Gasteiger partial charge in [-0.05, 0) is 46.6 Å². The second-order valence-electron chi connectivity index (χ2n) is 7.59. The monoisotopic (exact) mass is 325 g/mol. The molecule has 2 aliphatic rings. The Morgan fingerprint density at radius 2 is 1.83 bits per heavy atom. The lowest BCUT2D eigenvalue weighted by Crippen LogP contribution is -2.52. The summed E-state index contributed by atoms with van der Waals surface area (Å²) in [6, 6.07) is 0.577. The highest BCUT2D eigenvalue weighted by molar-refractivity contribution is 5.83. The van der Waals surface area contributed by atoms with Crippen LogP contribution in [0, 0.1) is 0 Å². The maximum Gasteiger partial charge on any atom is 0.408 e. The van der Waals surface area contributed by atoms with Crippen LogP contribution in [0.1, 0.15) is 59.3 Å². The molecule has 2 amide bonds. The lowest BCUT2D eigenvalue weighted by Gasteiger charge is -2.38. The first kappa shape index (κ1) is 18.0. The molecule has 1 aliphatic carbocycles. The zero-order chi connectivity index (χ0) is 16.9. The van der Waals surface area contributed by atoms with Crippen LogP contribution in [-0.2, 0) is 9.53 Å². The summed E-state index contributed by atoms with van der Waals surface area (Å²) in [5.41, 5.74) is -0.550. The molecule has 1 heterocycles. The molecule has 6 nitrogen and oxygen atoms in total. The Morgan fingerprint density at radius 1 is 1.13 bits per heavy atom. The van der Waals surface area contributed by atoms with Crippen LogP contribution in [0.25, 0.3) is 0 Å². The van der Waals surface area contributed by atoms with E-state index in [4.69, 9.17) is 4.74 Å². The van der Waals surface area contributed by atoms with Crippen LogP contribution < -0.4 is 10.6 Å². The van der Waals surface area contributed by atoms with Crippen molar-refractivity contribution >= 4 is 12.0 Å². The summed E-state index contributed by atoms with van der Waals surface area (Å²) >= 11 is 0. The molecular weight excluding hydrogens is 294 g/mol. The van der Waals surface area contributed by atoms with Gasteiger partial charge < -0.3 is 20.3 Å². The summed E-state index contributed by atoms with van der Waals surface area (Å²) in [5, 5.41) is 5.95. The van der Waals surface area contributed by atoms with Gasteiger partial charge in [-0.3, -0.25) is 4.79 Å². The van der Waals surface area contributed by atoms with Crippen LogP contribution in [0.15, 0.2) is 0 Å². The Morgan fingerprint density at radius 3 is 2.39 bits per heavy atom. The van der Waals surface area contributed by atoms with E-state index in [0.29, 0.717) is 6.04 Å². The number of carbonyl (C=O) groups is 2. The van der Waals surface area contributed by atoms with Crippen molar-refractivity contribution in [3.05, 3.63) is 0 Å². The summed E-state index contributed by atoms with van der Waals surface area (Å²) in [6.07, 6.45) is 6.26. The molecule has 2 rings (SSSR count). The third kappa shape index (κ3) is 5.68. The molecule has 2 N–H and O–H groups in total. The van der Waals surface area contributed by atoms with E-state index in [9.17, 15) is 9.59 Å². The van der Waals surface area contributed by atoms with Gasteiger partial charge >= 0.3 is 6.09 Å². The number of alkyl carbamates (subject to hydrolysis) is 1. The quantitative estimate of drug-likeness (QED) is 0.830. The molecule has 0 spiro atoms. The minimum absolute atomic E-state index is 0.0106. The Balaban J connectivity index is 1.92. The minimum Gasteiger partial charge on any atom is -0.444 e. The van der Waals surface area contributed by atoms with Crippen molar-refractivity contribution in [1.82, 2.24) is 15.5 Å². The summed E-state index contributed by atoms with van der Waals surface area (Å²) in [6.45, 7) is 7.27. The van der Waals surface area contributed by atoms with Gasteiger partial charge in [0.05, 0.1) is 0 Å². The molecular formula is C17H31N3O3. The van der Waals surface area contributed by atoms with Crippen molar-refractivity contribution in [3.63, 3.8) is 0 Å². The maximum absolute atomic E-state index is 12.7. The number of ether oxygens (including phenoxy) is 1. The van der Waals surface area contributed by atoms with Crippen molar-refractivity contribution in [2.24, 2.45) is 0 Å². The van der Waals surface area contributed by atoms with Crippen LogP contribution in [0.3, 0.4) is 0 Å². The highest BCUT2D eigenvalue weighted by Crippen LogP contribution is 2.26. The molecule has 0 radical (unpaired) electrons. The Bertz CT molecular complexity index is 408. The van der Waals surface area contributed by atoms with E-state index in [1.165, 1.54) is 19.3 Å². The topological polar surface area (TPSA) is 70.7 Å². The summed E-state index contributed by atoms with van der Waals surface area (Å²) in [7, 11) is 0. The highest BCUT2D eigenvalue weighted by atomic mass is 16.6. The van der Waals surface area contributed by atoms with Crippen molar-refractivity contribution in [2.45, 2.75) is 77.0 Å². The van der Waals surface area contributed by atoms with Crippen LogP contribution >= 0.6 is 0 Å². The fourth-order valence-corrected chi connectivity index (χ4v) is 3.49. The van der Waals surface area contributed by atoms with Crippen molar-refractivity contribution < 1.29 is 14.3 Å². The fourth-order valence-electron chi connectivity index (χ4n) is 3.49. The molecule has 0 aromatic heterocycles. The van der Waals surface area contributed by atoms with Gasteiger partial charge in [0.1, 0.15) is 12.1 Å². The van der Waals surface area contributed by atoms with Gasteiger partial charge in [-0.15, -0.1) is 0 Å². The van der Waals surface area contributed by atoms with E-state index >= 15 is 0 Å². The third-order valence-electron chi connectivity index (χ3n) is 4.47. The fraction of sp³-hybridized carbons (Fsp3) is 0.882. The number of nitrogens with zero attached hydrogens (tertiary/aromatic N) is 1. The first-order valence-corrected chi connectivity index (χ1v) is 8.85. The van der Waals surface area contributed by atoms with Gasteiger partial charge in [-0.2, -0.15) is 0 Å². The highest BCUT2D eigenvalue weighted by Gasteiger charge is 2.33. The van der Waals surface area contributed by atoms with Gasteiger partial charge in [-0.1, -0.05) is 19.3 Å². The average Bonchev–Trinajstić information content (AvgIpc) is 2.99. The molecule has 1 saturated heterocycles. The minimum atomic E-state index is -0.550. The maximum atomic E-state index is 12.7. The van der Waals surface area contributed by atoms with E-state index in [1.807, 2.05) is 25.7 Å². The smallest absolute Gasteiger partial charge is 0.408 e. The first-order valence-electron chi connectivity index (χ1n) is 8.85. The lowest BCUT2D eigenvalue weighted by atomic mass is 9.93. The average molecular weight is 325 g/mol. The third-order valence-corrected chi connectivity index (χ3v) is 4.47. The summed E-state index contributed by atoms with van der Waals surface area (Å²) < 4.78 is 5.21. The largest absolute Gasteiger partial charge is 0.444 e. The number of amides is 2. The van der Waals surface area contributed by atoms with E-state index in [0.717, 1.165) is 32.4 Å². The van der Waals surface area contributed by atoms with Crippen molar-refractivity contribution in [3.8, 4) is 0 Å². The van der Waals surface area contributed by atoms with Crippen molar-refractivity contribution in [1.29, 1.82) is 0 Å². The SMILES string of the molecule is CC(C)(C)OC(=O)NCC(=O)N(C1CCCCC1)[C@H]1CCNC1. The molecule has 2 fully saturated rings. The molecule has 0 unspecified atom stereocenters. The second-order valence-corrected chi connectivity index (χ2v) is 7.59. The summed E-state index contributed by atoms with van der Waals surface area (Å²) in [4.78, 5) is 26.5. The molecule has 1 saturated carbocycles. The Hall–Kier alpha value is -1.30. The standard InChI is InChI=1S/C17H31N3O3/c1-17(2,3)23-16(22)19-12-15(21)20(14-9-10-18-11-14)13-7-5-4-6-8-13/h13-14,18H,4-12H2,1-3H3,(H,19,22)/t14-/m0/s1. The van der Waals surface area contributed by atoms with Gasteiger partial charge in [0.25, 0.3) is 0 Å². The summed E-state index contributed by atoms with van der Waals surface area (Å²) in [5.74, 6) is 0.0106. The molecule has 132 valence electrons. The van der Waals surface area contributed by atoms with Gasteiger partial charge in [0, 0.05) is 18.6 Å². The predicted octanol–water partition coefficient (Wildman–Crippen LogP) is 2.03. The molecule has 0 aromatic carbocycles. The van der Waals surface area contributed by atoms with Crippen molar-refractivity contribution in [2.75, 3.05) is 19.6 Å². The molecule has 1 atom stereocenters. The molecule has 0 bridgehead atoms. The van der Waals surface area contributed by atoms with Gasteiger partial charge in [-0.25, -0.2) is 4.79 Å². The number of hydrogen-bond acceptors (Lipinski definition) is 4. The van der Waals surface area contributed by atoms with E-state index < -0.39 is 11.7 Å². The van der Waals surface area contributed by atoms with E-state index in [1.54, 1.807) is 0 Å². The van der Waals surface area contributed by atoms with Crippen LogP contribution in [-0.4, -0.2) is 54.2 Å². The Kier molecular flexibility index (Phi) is 6.27. The van der Waals surface area contributed by atoms with Gasteiger partial charge in [0.15, 0.2) is 0 Å². The second kappa shape index (κ2) is 7.99. The van der Waals surface area contributed by atoms with E-state index in [-0.39, 0.29) is 18.5 Å². The molecule has 6 heteroatoms. The van der Waals surface area contributed by atoms with Crippen LogP contribution in [0.4, 0.5) is 4.79 Å². The zero-order valence-electron chi connectivity index (χ0n) is 14.7. The van der Waals surface area contributed by atoms with E-state index in [2.05, 4.69) is 10.6 Å². The number of hydrogen-bond donors (Lipinski definition) is 2. The zero-order valence-corrected chi connectivity index (χ0v) is 14.7. The van der Waals surface area contributed by atoms with Crippen LogP contribution in [0.2, 0.25) is 0 Å². The lowest BCUT2D eigenvalue weighted by molar-refractivity contribution is -0.135. The number of carbonyl (C=O) groups excluding carboxylic acids is 2. The molecule has 1 aliphatic heterocycles. The Labute approximate surface area is 139 Å². The van der Waals surface area contributed by atoms with Gasteiger partial charge in [0.2, 0.25) is 5.91 Å². The molecule has 23 heavy (non-hydrogen) atoms. The predicted molar refractivity (Wildman–Crippen MR) is 89.2 cm³/mol. The number of nitrogens with one attached hydrogen (secondary N) is 2. The van der Waals surface area contributed by atoms with Crippen LogP contribution in [0.5, 0.6) is 0 Å².